The molecule has 0 saturated carbocycles. The van der Waals surface area contributed by atoms with Crippen LogP contribution in [0.15, 0.2) is 45.9 Å². The topological polar surface area (TPSA) is 74.8 Å². The van der Waals surface area contributed by atoms with Crippen molar-refractivity contribution in [1.29, 1.82) is 0 Å². The van der Waals surface area contributed by atoms with Crippen LogP contribution in [-0.2, 0) is 0 Å². The van der Waals surface area contributed by atoms with Crippen molar-refractivity contribution in [3.8, 4) is 0 Å². The van der Waals surface area contributed by atoms with Gasteiger partial charge in [0.05, 0.1) is 10.0 Å². The fourth-order valence-electron chi connectivity index (χ4n) is 1.21. The highest BCUT2D eigenvalue weighted by Gasteiger charge is 2.08. The number of rotatable bonds is 2. The number of halogens is 1. The zero-order valence-corrected chi connectivity index (χ0v) is 10.2. The van der Waals surface area contributed by atoms with Gasteiger partial charge in [-0.05, 0) is 34.1 Å². The summed E-state index contributed by atoms with van der Waals surface area (Å²) in [6.45, 7) is 0. The number of hydrogen-bond acceptors (Lipinski definition) is 3. The maximum atomic E-state index is 11.8. The first-order chi connectivity index (χ1) is 8.16. The highest BCUT2D eigenvalue weighted by molar-refractivity contribution is 9.10. The zero-order chi connectivity index (χ0) is 12.3. The van der Waals surface area contributed by atoms with E-state index in [2.05, 4.69) is 31.2 Å². The summed E-state index contributed by atoms with van der Waals surface area (Å²) in [5, 5.41) is 2.63. The third-order valence-electron chi connectivity index (χ3n) is 2.04. The standard InChI is InChI=1S/C11H8BrN3O2/c12-8-2-1-5-13-10(8)15-11(17)7-3-4-9(16)14-6-7/h1-6H,(H,14,16)(H,13,15,17). The molecule has 1 amide bonds. The van der Waals surface area contributed by atoms with Crippen molar-refractivity contribution in [2.75, 3.05) is 5.32 Å². The fraction of sp³-hybridized carbons (Fsp3) is 0. The number of aromatic amines is 1. The molecule has 2 aromatic rings. The molecule has 0 fully saturated rings. The van der Waals surface area contributed by atoms with E-state index in [0.29, 0.717) is 15.9 Å². The molecule has 2 aromatic heterocycles. The molecule has 0 aliphatic carbocycles. The number of aromatic nitrogens is 2. The predicted molar refractivity (Wildman–Crippen MR) is 67.0 cm³/mol. The lowest BCUT2D eigenvalue weighted by Gasteiger charge is -2.05. The van der Waals surface area contributed by atoms with Crippen LogP contribution in [-0.4, -0.2) is 15.9 Å². The number of carbonyl (C=O) groups is 1. The van der Waals surface area contributed by atoms with Crippen molar-refractivity contribution in [2.24, 2.45) is 0 Å². The molecule has 2 heterocycles. The van der Waals surface area contributed by atoms with E-state index in [1.165, 1.54) is 18.3 Å². The fourth-order valence-corrected chi connectivity index (χ4v) is 1.56. The Morgan fingerprint density at radius 2 is 2.18 bits per heavy atom. The van der Waals surface area contributed by atoms with Gasteiger partial charge in [-0.15, -0.1) is 0 Å². The molecular weight excluding hydrogens is 286 g/mol. The Morgan fingerprint density at radius 3 is 2.82 bits per heavy atom. The molecule has 5 nitrogen and oxygen atoms in total. The molecule has 0 saturated heterocycles. The van der Waals surface area contributed by atoms with Gasteiger partial charge in [0.25, 0.3) is 5.91 Å². The number of nitrogens with one attached hydrogen (secondary N) is 2. The smallest absolute Gasteiger partial charge is 0.258 e. The van der Waals surface area contributed by atoms with Crippen LogP contribution in [0.1, 0.15) is 10.4 Å². The average Bonchev–Trinajstić information content (AvgIpc) is 2.33. The highest BCUT2D eigenvalue weighted by atomic mass is 79.9. The molecule has 0 atom stereocenters. The maximum Gasteiger partial charge on any atom is 0.258 e. The Morgan fingerprint density at radius 1 is 1.35 bits per heavy atom. The van der Waals surface area contributed by atoms with Crippen molar-refractivity contribution in [1.82, 2.24) is 9.97 Å². The van der Waals surface area contributed by atoms with Crippen LogP contribution in [0.2, 0.25) is 0 Å². The summed E-state index contributed by atoms with van der Waals surface area (Å²) in [6.07, 6.45) is 2.93. The third-order valence-corrected chi connectivity index (χ3v) is 2.68. The number of carbonyl (C=O) groups excluding carboxylic acids is 1. The molecule has 0 unspecified atom stereocenters. The molecule has 0 spiro atoms. The number of nitrogens with zero attached hydrogens (tertiary/aromatic N) is 1. The minimum Gasteiger partial charge on any atom is -0.328 e. The molecule has 6 heteroatoms. The first kappa shape index (κ1) is 11.5. The Bertz CT molecular complexity index is 589. The van der Waals surface area contributed by atoms with E-state index >= 15 is 0 Å². The maximum absolute atomic E-state index is 11.8. The number of anilines is 1. The van der Waals surface area contributed by atoms with E-state index in [0.717, 1.165) is 0 Å². The highest BCUT2D eigenvalue weighted by Crippen LogP contribution is 2.18. The summed E-state index contributed by atoms with van der Waals surface area (Å²) in [6, 6.07) is 6.27. The summed E-state index contributed by atoms with van der Waals surface area (Å²) < 4.78 is 0.692. The average molecular weight is 294 g/mol. The number of hydrogen-bond donors (Lipinski definition) is 2. The van der Waals surface area contributed by atoms with Crippen molar-refractivity contribution in [2.45, 2.75) is 0 Å². The summed E-state index contributed by atoms with van der Waals surface area (Å²) in [4.78, 5) is 29.1. The molecule has 86 valence electrons. The molecule has 17 heavy (non-hydrogen) atoms. The molecule has 0 aromatic carbocycles. The van der Waals surface area contributed by atoms with E-state index in [9.17, 15) is 9.59 Å². The van der Waals surface area contributed by atoms with E-state index in [1.807, 2.05) is 0 Å². The molecular formula is C11H8BrN3O2. The van der Waals surface area contributed by atoms with Gasteiger partial charge in [-0.25, -0.2) is 4.98 Å². The monoisotopic (exact) mass is 293 g/mol. The van der Waals surface area contributed by atoms with Gasteiger partial charge >= 0.3 is 0 Å². The molecule has 0 aliphatic rings. The second-order valence-corrected chi connectivity index (χ2v) is 4.08. The van der Waals surface area contributed by atoms with E-state index in [4.69, 9.17) is 0 Å². The quantitative estimate of drug-likeness (QED) is 0.886. The van der Waals surface area contributed by atoms with Gasteiger partial charge in [0.1, 0.15) is 5.82 Å². The van der Waals surface area contributed by atoms with Gasteiger partial charge in [-0.1, -0.05) is 0 Å². The Hall–Kier alpha value is -1.95. The predicted octanol–water partition coefficient (Wildman–Crippen LogP) is 1.78. The largest absolute Gasteiger partial charge is 0.328 e. The van der Waals surface area contributed by atoms with Crippen molar-refractivity contribution < 1.29 is 4.79 Å². The van der Waals surface area contributed by atoms with Gasteiger partial charge in [-0.3, -0.25) is 9.59 Å². The Labute approximate surface area is 105 Å². The lowest BCUT2D eigenvalue weighted by molar-refractivity contribution is 0.102. The van der Waals surface area contributed by atoms with Gasteiger partial charge < -0.3 is 10.3 Å². The minimum atomic E-state index is -0.333. The number of H-pyrrole nitrogens is 1. The van der Waals surface area contributed by atoms with Crippen LogP contribution < -0.4 is 10.9 Å². The Balaban J connectivity index is 2.20. The van der Waals surface area contributed by atoms with Crippen molar-refractivity contribution in [3.63, 3.8) is 0 Å². The zero-order valence-electron chi connectivity index (χ0n) is 8.61. The van der Waals surface area contributed by atoms with Crippen molar-refractivity contribution in [3.05, 3.63) is 57.0 Å². The normalized spacial score (nSPS) is 9.94. The summed E-state index contributed by atoms with van der Waals surface area (Å²) in [5.74, 6) is 0.101. The van der Waals surface area contributed by atoms with Crippen LogP contribution in [0.25, 0.3) is 0 Å². The lowest BCUT2D eigenvalue weighted by atomic mass is 10.2. The van der Waals surface area contributed by atoms with Crippen LogP contribution >= 0.6 is 15.9 Å². The SMILES string of the molecule is O=C(Nc1ncccc1Br)c1ccc(=O)[nH]c1. The van der Waals surface area contributed by atoms with Crippen LogP contribution in [0.3, 0.4) is 0 Å². The van der Waals surface area contributed by atoms with Crippen LogP contribution in [0.5, 0.6) is 0 Å². The van der Waals surface area contributed by atoms with E-state index in [-0.39, 0.29) is 11.5 Å². The van der Waals surface area contributed by atoms with E-state index < -0.39 is 0 Å². The van der Waals surface area contributed by atoms with Gasteiger partial charge in [-0.2, -0.15) is 0 Å². The first-order valence-electron chi connectivity index (χ1n) is 4.77. The van der Waals surface area contributed by atoms with Gasteiger partial charge in [0, 0.05) is 18.5 Å². The summed E-state index contributed by atoms with van der Waals surface area (Å²) in [7, 11) is 0. The molecule has 2 N–H and O–H groups in total. The van der Waals surface area contributed by atoms with E-state index in [1.54, 1.807) is 18.3 Å². The first-order valence-corrected chi connectivity index (χ1v) is 5.57. The summed E-state index contributed by atoms with van der Waals surface area (Å²) >= 11 is 3.27. The van der Waals surface area contributed by atoms with Gasteiger partial charge in [0.15, 0.2) is 0 Å². The Kier molecular flexibility index (Phi) is 3.34. The lowest BCUT2D eigenvalue weighted by Crippen LogP contribution is -2.15. The van der Waals surface area contributed by atoms with Crippen LogP contribution in [0.4, 0.5) is 5.82 Å². The molecule has 0 bridgehead atoms. The van der Waals surface area contributed by atoms with Crippen molar-refractivity contribution >= 4 is 27.7 Å². The second kappa shape index (κ2) is 4.92. The van der Waals surface area contributed by atoms with Gasteiger partial charge in [0.2, 0.25) is 5.56 Å². The molecule has 0 radical (unpaired) electrons. The number of amides is 1. The summed E-state index contributed by atoms with van der Waals surface area (Å²) in [5.41, 5.74) is 0.114. The molecule has 2 rings (SSSR count). The third kappa shape index (κ3) is 2.79. The second-order valence-electron chi connectivity index (χ2n) is 3.23. The molecule has 0 aliphatic heterocycles. The number of pyridine rings is 2. The minimum absolute atomic E-state index is 0.249. The van der Waals surface area contributed by atoms with Crippen LogP contribution in [0, 0.1) is 0 Å².